The van der Waals surface area contributed by atoms with Gasteiger partial charge in [-0.3, -0.25) is 9.59 Å². The zero-order valence-corrected chi connectivity index (χ0v) is 40.0. The highest BCUT2D eigenvalue weighted by Gasteiger charge is 2.21. The summed E-state index contributed by atoms with van der Waals surface area (Å²) >= 11 is 0. The number of hydrogen-bond acceptors (Lipinski definition) is 8. The minimum atomic E-state index is -1.63. The van der Waals surface area contributed by atoms with Crippen molar-refractivity contribution in [3.05, 3.63) is 85.1 Å². The molecule has 0 rings (SSSR count). The molecule has 2 unspecified atom stereocenters. The van der Waals surface area contributed by atoms with Crippen molar-refractivity contribution in [1.82, 2.24) is 0 Å². The van der Waals surface area contributed by atoms with Gasteiger partial charge in [0.2, 0.25) is 0 Å². The predicted octanol–water partition coefficient (Wildman–Crippen LogP) is 11.9. The molecule has 0 aliphatic rings. The van der Waals surface area contributed by atoms with Gasteiger partial charge in [0, 0.05) is 12.8 Å². The second kappa shape index (κ2) is 44.1. The quantitative estimate of drug-likeness (QED) is 0.0196. The third-order valence-corrected chi connectivity index (χ3v) is 9.91. The van der Waals surface area contributed by atoms with Crippen LogP contribution in [0.5, 0.6) is 0 Å². The van der Waals surface area contributed by atoms with Gasteiger partial charge in [-0.1, -0.05) is 176 Å². The van der Waals surface area contributed by atoms with Crippen molar-refractivity contribution in [2.24, 2.45) is 0 Å². The fourth-order valence-electron chi connectivity index (χ4n) is 6.16. The van der Waals surface area contributed by atoms with Crippen LogP contribution in [0.2, 0.25) is 0 Å². The first kappa shape index (κ1) is 58.5. The summed E-state index contributed by atoms with van der Waals surface area (Å²) in [5.41, 5.74) is 0. The van der Waals surface area contributed by atoms with Gasteiger partial charge in [-0.2, -0.15) is 0 Å². The van der Waals surface area contributed by atoms with Gasteiger partial charge in [0.15, 0.2) is 12.4 Å². The number of nitrogens with zero attached hydrogens (tertiary/aromatic N) is 1. The van der Waals surface area contributed by atoms with E-state index in [0.717, 1.165) is 96.3 Å². The van der Waals surface area contributed by atoms with Crippen LogP contribution >= 0.6 is 0 Å². The first-order valence-corrected chi connectivity index (χ1v) is 24.2. The minimum absolute atomic E-state index is 0.140. The summed E-state index contributed by atoms with van der Waals surface area (Å²) in [6.07, 6.45) is 53.4. The smallest absolute Gasteiger partial charge is 0.306 e. The predicted molar refractivity (Wildman–Crippen MR) is 255 cm³/mol. The molecule has 0 aromatic carbocycles. The van der Waals surface area contributed by atoms with E-state index >= 15 is 0 Å². The van der Waals surface area contributed by atoms with Gasteiger partial charge < -0.3 is 33.3 Å². The summed E-state index contributed by atoms with van der Waals surface area (Å²) in [6, 6.07) is 0. The van der Waals surface area contributed by atoms with Crippen molar-refractivity contribution >= 4 is 17.9 Å². The lowest BCUT2D eigenvalue weighted by Gasteiger charge is -2.26. The van der Waals surface area contributed by atoms with E-state index in [1.54, 1.807) is 0 Å². The van der Waals surface area contributed by atoms with E-state index in [1.807, 2.05) is 21.1 Å². The molecule has 0 radical (unpaired) electrons. The highest BCUT2D eigenvalue weighted by atomic mass is 16.7. The molecule has 0 saturated carbocycles. The van der Waals surface area contributed by atoms with Gasteiger partial charge in [-0.15, -0.1) is 0 Å². The molecule has 354 valence electrons. The Morgan fingerprint density at radius 3 is 1.37 bits per heavy atom. The Balaban J connectivity index is 4.36. The zero-order chi connectivity index (χ0) is 45.6. The summed E-state index contributed by atoms with van der Waals surface area (Å²) in [5.74, 6) is -2.32. The van der Waals surface area contributed by atoms with Gasteiger partial charge in [-0.25, -0.2) is 0 Å². The van der Waals surface area contributed by atoms with Crippen LogP contribution in [-0.4, -0.2) is 82.3 Å². The van der Waals surface area contributed by atoms with E-state index in [0.29, 0.717) is 17.4 Å². The number of unbranched alkanes of at least 4 members (excludes halogenated alkanes) is 14. The van der Waals surface area contributed by atoms with E-state index < -0.39 is 24.3 Å². The number of aliphatic carboxylic acids is 1. The van der Waals surface area contributed by atoms with Crippen molar-refractivity contribution < 1.29 is 42.9 Å². The van der Waals surface area contributed by atoms with Crippen LogP contribution < -0.4 is 5.11 Å². The molecule has 0 aromatic heterocycles. The Labute approximate surface area is 379 Å². The molecule has 0 heterocycles. The molecule has 0 fully saturated rings. The lowest BCUT2D eigenvalue weighted by atomic mass is 10.1. The molecular weight excluding hydrogens is 779 g/mol. The summed E-state index contributed by atoms with van der Waals surface area (Å²) < 4.78 is 22.5. The Bertz CT molecular complexity index is 1290. The van der Waals surface area contributed by atoms with Gasteiger partial charge in [0.25, 0.3) is 0 Å². The van der Waals surface area contributed by atoms with Crippen LogP contribution in [-0.2, 0) is 33.3 Å². The molecular formula is C53H89NO8. The molecule has 0 amide bonds. The molecule has 0 aromatic rings. The first-order valence-electron chi connectivity index (χ1n) is 24.2. The summed E-state index contributed by atoms with van der Waals surface area (Å²) in [5, 5.41) is 11.7. The number of carbonyl (C=O) groups excluding carboxylic acids is 3. The van der Waals surface area contributed by atoms with E-state index in [4.69, 9.17) is 18.9 Å². The number of esters is 2. The number of ether oxygens (including phenoxy) is 4. The van der Waals surface area contributed by atoms with Gasteiger partial charge in [-0.05, 0) is 70.6 Å². The maximum absolute atomic E-state index is 12.8. The Morgan fingerprint density at radius 2 is 0.919 bits per heavy atom. The van der Waals surface area contributed by atoms with Crippen molar-refractivity contribution in [3.63, 3.8) is 0 Å². The average molecular weight is 868 g/mol. The van der Waals surface area contributed by atoms with Crippen LogP contribution in [0, 0.1) is 0 Å². The second-order valence-electron chi connectivity index (χ2n) is 17.0. The molecule has 2 atom stereocenters. The summed E-state index contributed by atoms with van der Waals surface area (Å²) in [7, 11) is 5.89. The standard InChI is InChI=1S/C53H89NO8/c1-6-8-10-12-14-16-18-19-20-21-22-23-24-25-26-27-28-29-30-31-32-33-34-36-38-40-42-44-51(56)62-49(48-61-53(52(57)58)59-46-45-54(3,4)5)47-60-50(55)43-41-39-37-35-17-15-13-11-9-7-2/h8,10,14,16,19-20,22-23,25-26,28-29,31-32,49,53H,6-7,9,11-13,15,17-18,21,24,27,30,33-48H2,1-5H3/b10-8-,16-14-,20-19-,23-22-,26-25-,29-28-,32-31-. The molecule has 0 bridgehead atoms. The highest BCUT2D eigenvalue weighted by molar-refractivity contribution is 5.70. The Kier molecular flexibility index (Phi) is 41.6. The number of hydrogen-bond donors (Lipinski definition) is 0. The lowest BCUT2D eigenvalue weighted by molar-refractivity contribution is -0.870. The molecule has 0 saturated heterocycles. The minimum Gasteiger partial charge on any atom is -0.545 e. The molecule has 62 heavy (non-hydrogen) atoms. The molecule has 0 aliphatic heterocycles. The van der Waals surface area contributed by atoms with Crippen molar-refractivity contribution in [1.29, 1.82) is 0 Å². The van der Waals surface area contributed by atoms with E-state index in [9.17, 15) is 19.5 Å². The monoisotopic (exact) mass is 868 g/mol. The average Bonchev–Trinajstić information content (AvgIpc) is 3.23. The number of likely N-dealkylation sites (N-methyl/N-ethyl adjacent to an activating group) is 1. The fourth-order valence-corrected chi connectivity index (χ4v) is 6.16. The molecule has 0 spiro atoms. The zero-order valence-electron chi connectivity index (χ0n) is 40.0. The number of carboxylic acids is 1. The Morgan fingerprint density at radius 1 is 0.500 bits per heavy atom. The van der Waals surface area contributed by atoms with Gasteiger partial charge in [0.1, 0.15) is 13.2 Å². The third-order valence-electron chi connectivity index (χ3n) is 9.91. The topological polar surface area (TPSA) is 111 Å². The van der Waals surface area contributed by atoms with Gasteiger partial charge >= 0.3 is 11.9 Å². The SMILES string of the molecule is CC/C=C\C/C=C\C/C=C\C/C=C\C/C=C\C/C=C\C/C=C\CCCCCCCC(=O)OC(COC(=O)CCCCCCCCCCCC)COC(OCC[N+](C)(C)C)C(=O)[O-]. The first-order chi connectivity index (χ1) is 30.1. The number of allylic oxidation sites excluding steroid dienone is 14. The number of carbonyl (C=O) groups is 3. The van der Waals surface area contributed by atoms with E-state index in [1.165, 1.54) is 44.9 Å². The fraction of sp³-hybridized carbons (Fsp3) is 0.679. The maximum atomic E-state index is 12.8. The van der Waals surface area contributed by atoms with E-state index in [2.05, 4.69) is 98.9 Å². The number of carboxylic acid groups (broad SMARTS) is 1. The van der Waals surface area contributed by atoms with Crippen LogP contribution in [0.1, 0.15) is 174 Å². The molecule has 0 N–H and O–H groups in total. The van der Waals surface area contributed by atoms with Crippen LogP contribution in [0.15, 0.2) is 85.1 Å². The van der Waals surface area contributed by atoms with Crippen LogP contribution in [0.25, 0.3) is 0 Å². The second-order valence-corrected chi connectivity index (χ2v) is 17.0. The molecule has 9 heteroatoms. The van der Waals surface area contributed by atoms with Crippen LogP contribution in [0.4, 0.5) is 0 Å². The number of rotatable bonds is 43. The largest absolute Gasteiger partial charge is 0.545 e. The van der Waals surface area contributed by atoms with Crippen LogP contribution in [0.3, 0.4) is 0 Å². The maximum Gasteiger partial charge on any atom is 0.306 e. The lowest BCUT2D eigenvalue weighted by Crippen LogP contribution is -2.44. The number of quaternary nitrogens is 1. The van der Waals surface area contributed by atoms with Crippen molar-refractivity contribution in [2.45, 2.75) is 187 Å². The van der Waals surface area contributed by atoms with E-state index in [-0.39, 0.29) is 38.6 Å². The van der Waals surface area contributed by atoms with Gasteiger partial charge in [0.05, 0.1) is 40.3 Å². The molecule has 9 nitrogen and oxygen atoms in total. The summed E-state index contributed by atoms with van der Waals surface area (Å²) in [6.45, 7) is 4.57. The van der Waals surface area contributed by atoms with Crippen molar-refractivity contribution in [2.75, 3.05) is 47.5 Å². The Hall–Kier alpha value is -3.53. The van der Waals surface area contributed by atoms with Crippen molar-refractivity contribution in [3.8, 4) is 0 Å². The summed E-state index contributed by atoms with van der Waals surface area (Å²) in [4.78, 5) is 37.0. The highest BCUT2D eigenvalue weighted by Crippen LogP contribution is 2.13. The normalized spacial score (nSPS) is 13.6. The third kappa shape index (κ3) is 44.5. The molecule has 0 aliphatic carbocycles.